The first-order valence-electron chi connectivity index (χ1n) is 8.61. The topological polar surface area (TPSA) is 88.9 Å². The quantitative estimate of drug-likeness (QED) is 0.720. The Bertz CT molecular complexity index is 1030. The summed E-state index contributed by atoms with van der Waals surface area (Å²) in [5.74, 6) is -0.120. The average Bonchev–Trinajstić information content (AvgIpc) is 3.14. The van der Waals surface area contributed by atoms with E-state index in [0.29, 0.717) is 17.4 Å². The van der Waals surface area contributed by atoms with Gasteiger partial charge >= 0.3 is 0 Å². The van der Waals surface area contributed by atoms with E-state index in [1.807, 2.05) is 12.1 Å². The molecule has 4 rings (SSSR count). The lowest BCUT2D eigenvalue weighted by atomic mass is 10.1. The van der Waals surface area contributed by atoms with Gasteiger partial charge in [0.1, 0.15) is 5.52 Å². The Morgan fingerprint density at radius 1 is 1.15 bits per heavy atom. The van der Waals surface area contributed by atoms with Crippen molar-refractivity contribution >= 4 is 16.8 Å². The third kappa shape index (κ3) is 3.34. The molecule has 7 heteroatoms. The summed E-state index contributed by atoms with van der Waals surface area (Å²) in [4.78, 5) is 24.5. The highest BCUT2D eigenvalue weighted by Crippen LogP contribution is 2.16. The highest BCUT2D eigenvalue weighted by atomic mass is 16.2. The fourth-order valence-electron chi connectivity index (χ4n) is 3.12. The van der Waals surface area contributed by atoms with E-state index in [4.69, 9.17) is 0 Å². The van der Waals surface area contributed by atoms with Crippen LogP contribution >= 0.6 is 0 Å². The fraction of sp³-hybridized carbons (Fsp3) is 0.263. The molecule has 0 spiro atoms. The molecule has 2 heterocycles. The number of fused-ring (bicyclic) bond motifs is 2. The molecule has 1 amide bonds. The maximum atomic E-state index is 12.4. The number of benzene rings is 2. The van der Waals surface area contributed by atoms with Gasteiger partial charge in [0.2, 0.25) is 5.91 Å². The van der Waals surface area contributed by atoms with Crippen LogP contribution in [-0.2, 0) is 31.0 Å². The van der Waals surface area contributed by atoms with Gasteiger partial charge in [0, 0.05) is 26.1 Å². The largest absolute Gasteiger partial charge is 0.352 e. The number of aryl methyl sites for hydroxylation is 1. The molecule has 1 aliphatic rings. The maximum absolute atomic E-state index is 12.4. The summed E-state index contributed by atoms with van der Waals surface area (Å²) >= 11 is 0. The van der Waals surface area contributed by atoms with Crippen LogP contribution in [0.1, 0.15) is 23.1 Å². The van der Waals surface area contributed by atoms with Gasteiger partial charge in [0.15, 0.2) is 0 Å². The predicted molar refractivity (Wildman–Crippen MR) is 97.2 cm³/mol. The molecule has 0 atom stereocenters. The van der Waals surface area contributed by atoms with Crippen LogP contribution in [0, 0.1) is 0 Å². The van der Waals surface area contributed by atoms with E-state index in [2.05, 4.69) is 33.1 Å². The maximum Gasteiger partial charge on any atom is 0.277 e. The number of rotatable bonds is 5. The summed E-state index contributed by atoms with van der Waals surface area (Å²) < 4.78 is 1.24. The first-order valence-corrected chi connectivity index (χ1v) is 8.61. The highest BCUT2D eigenvalue weighted by molar-refractivity contribution is 5.77. The van der Waals surface area contributed by atoms with Crippen molar-refractivity contribution in [1.82, 2.24) is 25.6 Å². The van der Waals surface area contributed by atoms with Crippen LogP contribution in [0.2, 0.25) is 0 Å². The van der Waals surface area contributed by atoms with Gasteiger partial charge in [-0.2, -0.15) is 0 Å². The second-order valence-electron chi connectivity index (χ2n) is 6.37. The molecule has 2 N–H and O–H groups in total. The van der Waals surface area contributed by atoms with Gasteiger partial charge in [0.25, 0.3) is 5.56 Å². The highest BCUT2D eigenvalue weighted by Gasteiger charge is 2.11. The Labute approximate surface area is 150 Å². The number of hydrogen-bond donors (Lipinski definition) is 2. The number of carbonyl (C=O) groups excluding carboxylic acids is 1. The first-order chi connectivity index (χ1) is 12.7. The van der Waals surface area contributed by atoms with Crippen molar-refractivity contribution in [2.75, 3.05) is 0 Å². The van der Waals surface area contributed by atoms with Crippen molar-refractivity contribution in [2.45, 2.75) is 32.6 Å². The van der Waals surface area contributed by atoms with Crippen molar-refractivity contribution in [1.29, 1.82) is 0 Å². The molecule has 3 aromatic rings. The summed E-state index contributed by atoms with van der Waals surface area (Å²) in [6.07, 6.45) is 0.180. The van der Waals surface area contributed by atoms with Crippen molar-refractivity contribution in [2.24, 2.45) is 0 Å². The Balaban J connectivity index is 1.35. The van der Waals surface area contributed by atoms with E-state index < -0.39 is 0 Å². The average molecular weight is 349 g/mol. The molecule has 0 fully saturated rings. The third-order valence-electron chi connectivity index (χ3n) is 4.57. The van der Waals surface area contributed by atoms with Crippen LogP contribution in [0.4, 0.5) is 0 Å². The van der Waals surface area contributed by atoms with Gasteiger partial charge < -0.3 is 10.6 Å². The summed E-state index contributed by atoms with van der Waals surface area (Å²) in [7, 11) is 0. The number of nitrogens with one attached hydrogen (secondary N) is 2. The van der Waals surface area contributed by atoms with Crippen molar-refractivity contribution in [3.8, 4) is 0 Å². The van der Waals surface area contributed by atoms with Crippen LogP contribution in [0.5, 0.6) is 0 Å². The van der Waals surface area contributed by atoms with Gasteiger partial charge in [-0.25, -0.2) is 4.68 Å². The zero-order valence-electron chi connectivity index (χ0n) is 14.2. The third-order valence-corrected chi connectivity index (χ3v) is 4.57. The predicted octanol–water partition coefficient (Wildman–Crippen LogP) is 1.10. The summed E-state index contributed by atoms with van der Waals surface area (Å²) in [6.45, 7) is 2.46. The van der Waals surface area contributed by atoms with Crippen molar-refractivity contribution < 1.29 is 4.79 Å². The molecule has 0 radical (unpaired) electrons. The molecule has 2 aromatic carbocycles. The van der Waals surface area contributed by atoms with Gasteiger partial charge in [-0.1, -0.05) is 35.5 Å². The molecule has 7 nitrogen and oxygen atoms in total. The molecule has 26 heavy (non-hydrogen) atoms. The van der Waals surface area contributed by atoms with Gasteiger partial charge in [-0.15, -0.1) is 5.10 Å². The van der Waals surface area contributed by atoms with Crippen LogP contribution in [0.15, 0.2) is 47.3 Å². The SMILES string of the molecule is O=C(CCn1nnc2ccccc2c1=O)NCc1ccc2c(c1)CNC2. The van der Waals surface area contributed by atoms with Crippen molar-refractivity contribution in [3.05, 3.63) is 69.5 Å². The minimum atomic E-state index is -0.227. The minimum Gasteiger partial charge on any atom is -0.352 e. The smallest absolute Gasteiger partial charge is 0.277 e. The molecule has 1 aliphatic heterocycles. The Kier molecular flexibility index (Phi) is 4.45. The minimum absolute atomic E-state index is 0.120. The lowest BCUT2D eigenvalue weighted by Crippen LogP contribution is -2.29. The lowest BCUT2D eigenvalue weighted by Gasteiger charge is -2.08. The van der Waals surface area contributed by atoms with E-state index in [1.54, 1.807) is 18.2 Å². The molecule has 0 aliphatic carbocycles. The number of carbonyl (C=O) groups is 1. The van der Waals surface area contributed by atoms with Gasteiger partial charge in [-0.05, 0) is 28.8 Å². The van der Waals surface area contributed by atoms with Crippen LogP contribution in [-0.4, -0.2) is 20.9 Å². The summed E-state index contributed by atoms with van der Waals surface area (Å²) in [5, 5.41) is 14.6. The lowest BCUT2D eigenvalue weighted by molar-refractivity contribution is -0.121. The standard InChI is InChI=1S/C19H19N5O2/c25-18(21-10-13-5-6-14-11-20-12-15(14)9-13)7-8-24-19(26)16-3-1-2-4-17(16)22-23-24/h1-6,9,20H,7-8,10-12H2,(H,21,25). The fourth-order valence-corrected chi connectivity index (χ4v) is 3.12. The molecule has 0 saturated carbocycles. The molecule has 132 valence electrons. The normalized spacial score (nSPS) is 12.9. The van der Waals surface area contributed by atoms with Crippen LogP contribution in [0.3, 0.4) is 0 Å². The molecular weight excluding hydrogens is 330 g/mol. The molecule has 0 saturated heterocycles. The van der Waals surface area contributed by atoms with Gasteiger partial charge in [0.05, 0.1) is 11.9 Å². The Morgan fingerprint density at radius 2 is 2.00 bits per heavy atom. The van der Waals surface area contributed by atoms with E-state index in [9.17, 15) is 9.59 Å². The monoisotopic (exact) mass is 349 g/mol. The van der Waals surface area contributed by atoms with Crippen molar-refractivity contribution in [3.63, 3.8) is 0 Å². The molecule has 1 aromatic heterocycles. The number of hydrogen-bond acceptors (Lipinski definition) is 5. The number of amides is 1. The number of nitrogens with zero attached hydrogens (tertiary/aromatic N) is 3. The van der Waals surface area contributed by atoms with E-state index >= 15 is 0 Å². The zero-order chi connectivity index (χ0) is 17.9. The molecule has 0 bridgehead atoms. The second-order valence-corrected chi connectivity index (χ2v) is 6.37. The molecular formula is C19H19N5O2. The first kappa shape index (κ1) is 16.4. The zero-order valence-corrected chi connectivity index (χ0v) is 14.2. The van der Waals surface area contributed by atoms with E-state index in [-0.39, 0.29) is 24.4 Å². The second kappa shape index (κ2) is 7.05. The molecule has 0 unspecified atom stereocenters. The summed E-state index contributed by atoms with van der Waals surface area (Å²) in [6, 6.07) is 13.3. The van der Waals surface area contributed by atoms with Crippen LogP contribution in [0.25, 0.3) is 10.9 Å². The van der Waals surface area contributed by atoms with Gasteiger partial charge in [-0.3, -0.25) is 9.59 Å². The Morgan fingerprint density at radius 3 is 2.92 bits per heavy atom. The Hall–Kier alpha value is -3.06. The summed E-state index contributed by atoms with van der Waals surface area (Å²) in [5.41, 5.74) is 4.01. The van der Waals surface area contributed by atoms with E-state index in [0.717, 1.165) is 18.7 Å². The van der Waals surface area contributed by atoms with Crippen LogP contribution < -0.4 is 16.2 Å². The van der Waals surface area contributed by atoms with E-state index in [1.165, 1.54) is 15.8 Å². The number of aromatic nitrogens is 3.